The highest BCUT2D eigenvalue weighted by molar-refractivity contribution is 5.83. The zero-order valence-electron chi connectivity index (χ0n) is 17.2. The van der Waals surface area contributed by atoms with Crippen molar-refractivity contribution in [3.8, 4) is 28.4 Å². The van der Waals surface area contributed by atoms with E-state index in [1.54, 1.807) is 14.2 Å². The lowest BCUT2D eigenvalue weighted by atomic mass is 9.90. The maximum Gasteiger partial charge on any atom is 0.303 e. The smallest absolute Gasteiger partial charge is 0.303 e. The summed E-state index contributed by atoms with van der Waals surface area (Å²) in [7, 11) is 3.27. The summed E-state index contributed by atoms with van der Waals surface area (Å²) >= 11 is 0. The third-order valence-electron chi connectivity index (χ3n) is 5.09. The summed E-state index contributed by atoms with van der Waals surface area (Å²) in [6.07, 6.45) is 2.37. The highest BCUT2D eigenvalue weighted by Crippen LogP contribution is 2.47. The molecule has 0 aliphatic carbocycles. The predicted octanol–water partition coefficient (Wildman–Crippen LogP) is 4.25. The van der Waals surface area contributed by atoms with Crippen molar-refractivity contribution in [2.45, 2.75) is 39.2 Å². The van der Waals surface area contributed by atoms with E-state index in [9.17, 15) is 4.79 Å². The molecule has 0 fully saturated rings. The van der Waals surface area contributed by atoms with Crippen LogP contribution in [0.15, 0.2) is 24.3 Å². The van der Waals surface area contributed by atoms with Crippen LogP contribution in [0, 0.1) is 0 Å². The van der Waals surface area contributed by atoms with Gasteiger partial charge in [0, 0.05) is 18.6 Å². The third kappa shape index (κ3) is 4.65. The van der Waals surface area contributed by atoms with Crippen molar-refractivity contribution in [2.75, 3.05) is 27.4 Å². The van der Waals surface area contributed by atoms with Crippen LogP contribution in [0.3, 0.4) is 0 Å². The first-order chi connectivity index (χ1) is 14.1. The van der Waals surface area contributed by atoms with Crippen LogP contribution in [-0.2, 0) is 29.0 Å². The van der Waals surface area contributed by atoms with E-state index in [1.807, 2.05) is 31.2 Å². The molecular weight excluding hydrogens is 372 g/mol. The van der Waals surface area contributed by atoms with Crippen LogP contribution in [0.4, 0.5) is 0 Å². The molecule has 0 saturated carbocycles. The van der Waals surface area contributed by atoms with Crippen LogP contribution in [0.25, 0.3) is 11.1 Å². The summed E-state index contributed by atoms with van der Waals surface area (Å²) in [5.41, 5.74) is 4.81. The lowest BCUT2D eigenvalue weighted by Crippen LogP contribution is -2.13. The standard InChI is InChI=1S/C23H28O6/c1-4-28-14-15-12-19(26-2)22(20(13-15)27-3)18-9-7-16(8-10-21(24)25)17-6-5-11-29-23(17)18/h7,9,12-13H,4-6,8,10-11,14H2,1-3H3,(H,24,25). The number of rotatable bonds is 9. The molecule has 1 N–H and O–H groups in total. The van der Waals surface area contributed by atoms with E-state index < -0.39 is 5.97 Å². The maximum atomic E-state index is 11.0. The van der Waals surface area contributed by atoms with Gasteiger partial charge < -0.3 is 24.1 Å². The second kappa shape index (κ2) is 9.65. The Balaban J connectivity index is 2.11. The first-order valence-corrected chi connectivity index (χ1v) is 9.91. The SMILES string of the molecule is CCOCc1cc(OC)c(-c2ccc(CCC(=O)O)c3c2OCCC3)c(OC)c1. The van der Waals surface area contributed by atoms with Gasteiger partial charge in [-0.2, -0.15) is 0 Å². The van der Waals surface area contributed by atoms with Gasteiger partial charge in [-0.15, -0.1) is 0 Å². The number of hydrogen-bond acceptors (Lipinski definition) is 5. The summed E-state index contributed by atoms with van der Waals surface area (Å²) in [5.74, 6) is 1.38. The monoisotopic (exact) mass is 400 g/mol. The van der Waals surface area contributed by atoms with Crippen molar-refractivity contribution in [1.82, 2.24) is 0 Å². The van der Waals surface area contributed by atoms with Gasteiger partial charge in [-0.25, -0.2) is 0 Å². The number of aliphatic carboxylic acids is 1. The van der Waals surface area contributed by atoms with Gasteiger partial charge >= 0.3 is 5.97 Å². The van der Waals surface area contributed by atoms with Gasteiger partial charge in [0.1, 0.15) is 17.2 Å². The quantitative estimate of drug-likeness (QED) is 0.678. The largest absolute Gasteiger partial charge is 0.496 e. The second-order valence-corrected chi connectivity index (χ2v) is 6.94. The van der Waals surface area contributed by atoms with Crippen LogP contribution in [0.5, 0.6) is 17.2 Å². The number of fused-ring (bicyclic) bond motifs is 1. The Morgan fingerprint density at radius 3 is 2.52 bits per heavy atom. The minimum atomic E-state index is -0.798. The Kier molecular flexibility index (Phi) is 6.99. The number of hydrogen-bond donors (Lipinski definition) is 1. The number of carboxylic acid groups (broad SMARTS) is 1. The minimum absolute atomic E-state index is 0.102. The van der Waals surface area contributed by atoms with E-state index in [1.165, 1.54) is 0 Å². The molecule has 2 aromatic rings. The molecule has 3 rings (SSSR count). The summed E-state index contributed by atoms with van der Waals surface area (Å²) in [4.78, 5) is 11.0. The van der Waals surface area contributed by atoms with Crippen molar-refractivity contribution >= 4 is 5.97 Å². The normalized spacial score (nSPS) is 12.8. The number of carbonyl (C=O) groups is 1. The molecule has 156 valence electrons. The van der Waals surface area contributed by atoms with Crippen LogP contribution in [-0.4, -0.2) is 38.5 Å². The molecular formula is C23H28O6. The van der Waals surface area contributed by atoms with Gasteiger partial charge in [-0.3, -0.25) is 4.79 Å². The van der Waals surface area contributed by atoms with E-state index in [2.05, 4.69) is 0 Å². The molecule has 0 spiro atoms. The van der Waals surface area contributed by atoms with Gasteiger partial charge in [0.2, 0.25) is 0 Å². The summed E-state index contributed by atoms with van der Waals surface area (Å²) < 4.78 is 23.0. The fraction of sp³-hybridized carbons (Fsp3) is 0.435. The zero-order chi connectivity index (χ0) is 20.8. The van der Waals surface area contributed by atoms with Crippen LogP contribution >= 0.6 is 0 Å². The fourth-order valence-electron chi connectivity index (χ4n) is 3.74. The molecule has 1 heterocycles. The molecule has 0 saturated heterocycles. The summed E-state index contributed by atoms with van der Waals surface area (Å²) in [6, 6.07) is 7.89. The van der Waals surface area contributed by atoms with Crippen LogP contribution in [0.1, 0.15) is 36.5 Å². The molecule has 1 aliphatic heterocycles. The molecule has 0 unspecified atom stereocenters. The first-order valence-electron chi connectivity index (χ1n) is 9.91. The number of methoxy groups -OCH3 is 2. The molecule has 0 amide bonds. The Morgan fingerprint density at radius 2 is 1.90 bits per heavy atom. The van der Waals surface area contributed by atoms with Gasteiger partial charge in [-0.1, -0.05) is 12.1 Å². The highest BCUT2D eigenvalue weighted by atomic mass is 16.5. The van der Waals surface area contributed by atoms with Gasteiger partial charge in [-0.05, 0) is 55.0 Å². The predicted molar refractivity (Wildman–Crippen MR) is 110 cm³/mol. The second-order valence-electron chi connectivity index (χ2n) is 6.94. The molecule has 0 bridgehead atoms. The Bertz CT molecular complexity index is 849. The summed E-state index contributed by atoms with van der Waals surface area (Å²) in [5, 5.41) is 9.06. The number of aryl methyl sites for hydroxylation is 1. The molecule has 1 aliphatic rings. The zero-order valence-corrected chi connectivity index (χ0v) is 17.2. The van der Waals surface area contributed by atoms with E-state index in [0.717, 1.165) is 46.4 Å². The molecule has 6 nitrogen and oxygen atoms in total. The Hall–Kier alpha value is -2.73. The molecule has 29 heavy (non-hydrogen) atoms. The van der Waals surface area contributed by atoms with Crippen molar-refractivity contribution in [2.24, 2.45) is 0 Å². The Morgan fingerprint density at radius 1 is 1.17 bits per heavy atom. The van der Waals surface area contributed by atoms with Crippen molar-refractivity contribution < 1.29 is 28.8 Å². The minimum Gasteiger partial charge on any atom is -0.496 e. The van der Waals surface area contributed by atoms with E-state index in [0.29, 0.717) is 37.7 Å². The molecule has 0 atom stereocenters. The van der Waals surface area contributed by atoms with Crippen molar-refractivity contribution in [3.05, 3.63) is 41.0 Å². The lowest BCUT2D eigenvalue weighted by Gasteiger charge is -2.25. The third-order valence-corrected chi connectivity index (χ3v) is 5.09. The topological polar surface area (TPSA) is 74.2 Å². The number of ether oxygens (including phenoxy) is 4. The van der Waals surface area contributed by atoms with Gasteiger partial charge in [0.05, 0.1) is 33.0 Å². The molecule has 6 heteroatoms. The maximum absolute atomic E-state index is 11.0. The van der Waals surface area contributed by atoms with Crippen molar-refractivity contribution in [1.29, 1.82) is 0 Å². The first kappa shape index (κ1) is 21.0. The van der Waals surface area contributed by atoms with Crippen LogP contribution < -0.4 is 14.2 Å². The summed E-state index contributed by atoms with van der Waals surface area (Å²) in [6.45, 7) is 3.70. The van der Waals surface area contributed by atoms with Gasteiger partial charge in [0.15, 0.2) is 0 Å². The Labute approximate surface area is 171 Å². The average molecular weight is 400 g/mol. The highest BCUT2D eigenvalue weighted by Gasteiger charge is 2.24. The molecule has 0 aromatic heterocycles. The van der Waals surface area contributed by atoms with E-state index in [4.69, 9.17) is 24.1 Å². The number of benzene rings is 2. The number of carboxylic acids is 1. The van der Waals surface area contributed by atoms with E-state index >= 15 is 0 Å². The average Bonchev–Trinajstić information content (AvgIpc) is 2.75. The van der Waals surface area contributed by atoms with E-state index in [-0.39, 0.29) is 6.42 Å². The molecule has 0 radical (unpaired) electrons. The van der Waals surface area contributed by atoms with Crippen LogP contribution in [0.2, 0.25) is 0 Å². The lowest BCUT2D eigenvalue weighted by molar-refractivity contribution is -0.136. The fourth-order valence-corrected chi connectivity index (χ4v) is 3.74. The molecule has 2 aromatic carbocycles. The van der Waals surface area contributed by atoms with Gasteiger partial charge in [0.25, 0.3) is 0 Å². The van der Waals surface area contributed by atoms with Crippen molar-refractivity contribution in [3.63, 3.8) is 0 Å².